The normalized spacial score (nSPS) is 13.5. The van der Waals surface area contributed by atoms with E-state index in [4.69, 9.17) is 17.3 Å². The van der Waals surface area contributed by atoms with E-state index in [1.807, 2.05) is 18.7 Å². The summed E-state index contributed by atoms with van der Waals surface area (Å²) < 4.78 is 1.91. The second kappa shape index (κ2) is 4.50. The van der Waals surface area contributed by atoms with Crippen molar-refractivity contribution in [3.63, 3.8) is 0 Å². The second-order valence-corrected chi connectivity index (χ2v) is 4.83. The molecule has 0 saturated heterocycles. The zero-order valence-electron chi connectivity index (χ0n) is 10.2. The molecule has 0 radical (unpaired) electrons. The first-order valence-corrected chi connectivity index (χ1v) is 5.80. The van der Waals surface area contributed by atoms with Gasteiger partial charge >= 0.3 is 0 Å². The third kappa shape index (κ3) is 2.35. The van der Waals surface area contributed by atoms with Gasteiger partial charge in [0.05, 0.1) is 5.02 Å². The first-order valence-electron chi connectivity index (χ1n) is 5.42. The molecule has 92 valence electrons. The van der Waals surface area contributed by atoms with E-state index >= 15 is 0 Å². The topological polar surface area (TPSA) is 60.0 Å². The van der Waals surface area contributed by atoms with Crippen molar-refractivity contribution < 1.29 is 0 Å². The van der Waals surface area contributed by atoms with Crippen molar-refractivity contribution in [1.82, 2.24) is 19.4 Å². The zero-order valence-corrected chi connectivity index (χ0v) is 10.9. The van der Waals surface area contributed by atoms with Crippen molar-refractivity contribution in [2.45, 2.75) is 19.5 Å². The molecule has 0 bridgehead atoms. The number of nitrogens with zero attached hydrogens (tertiary/aromatic N) is 4. The van der Waals surface area contributed by atoms with Gasteiger partial charge in [0.1, 0.15) is 5.52 Å². The first kappa shape index (κ1) is 12.1. The molecule has 2 heterocycles. The van der Waals surface area contributed by atoms with Gasteiger partial charge in [0.15, 0.2) is 5.65 Å². The van der Waals surface area contributed by atoms with Crippen LogP contribution < -0.4 is 5.73 Å². The van der Waals surface area contributed by atoms with Crippen molar-refractivity contribution in [3.05, 3.63) is 17.3 Å². The fraction of sp³-hybridized carbons (Fsp3) is 0.455. The van der Waals surface area contributed by atoms with Crippen molar-refractivity contribution in [3.8, 4) is 0 Å². The fourth-order valence-corrected chi connectivity index (χ4v) is 1.76. The Hall–Kier alpha value is -1.33. The lowest BCUT2D eigenvalue weighted by atomic mass is 10.3. The van der Waals surface area contributed by atoms with E-state index in [1.165, 1.54) is 0 Å². The summed E-state index contributed by atoms with van der Waals surface area (Å²) in [5, 5.41) is 0.572. The van der Waals surface area contributed by atoms with E-state index in [-0.39, 0.29) is 0 Å². The van der Waals surface area contributed by atoms with Gasteiger partial charge in [-0.15, -0.1) is 0 Å². The number of pyridine rings is 1. The Kier molecular flexibility index (Phi) is 3.22. The van der Waals surface area contributed by atoms with E-state index in [0.29, 0.717) is 17.0 Å². The molecule has 5 nitrogen and oxygen atoms in total. The first-order chi connectivity index (χ1) is 7.99. The summed E-state index contributed by atoms with van der Waals surface area (Å²) in [6.45, 7) is 2.88. The molecule has 0 fully saturated rings. The number of nitrogens with two attached hydrogens (primary N) is 1. The number of imidazole rings is 1. The van der Waals surface area contributed by atoms with Crippen LogP contribution in [0.2, 0.25) is 5.02 Å². The molecule has 0 spiro atoms. The molecule has 2 aromatic rings. The van der Waals surface area contributed by atoms with E-state index < -0.39 is 0 Å². The number of fused-ring (bicyclic) bond motifs is 1. The van der Waals surface area contributed by atoms with Crippen LogP contribution in [-0.2, 0) is 6.54 Å². The van der Waals surface area contributed by atoms with E-state index in [1.54, 1.807) is 12.3 Å². The number of hydrogen-bond donors (Lipinski definition) is 1. The number of hydrogen-bond acceptors (Lipinski definition) is 4. The highest BCUT2D eigenvalue weighted by Crippen LogP contribution is 2.19. The van der Waals surface area contributed by atoms with Gasteiger partial charge in [-0.3, -0.25) is 4.57 Å². The highest BCUT2D eigenvalue weighted by atomic mass is 35.5. The number of rotatable bonds is 3. The number of halogens is 1. The van der Waals surface area contributed by atoms with Crippen molar-refractivity contribution in [1.29, 1.82) is 0 Å². The average Bonchev–Trinajstić information content (AvgIpc) is 2.54. The summed E-state index contributed by atoms with van der Waals surface area (Å²) in [6, 6.07) is 2.13. The molecule has 0 aromatic carbocycles. The molecule has 0 aliphatic heterocycles. The molecular weight excluding hydrogens is 238 g/mol. The van der Waals surface area contributed by atoms with Gasteiger partial charge in [0.25, 0.3) is 0 Å². The smallest absolute Gasteiger partial charge is 0.202 e. The molecule has 1 atom stereocenters. The zero-order chi connectivity index (χ0) is 12.6. The molecule has 17 heavy (non-hydrogen) atoms. The fourth-order valence-electron chi connectivity index (χ4n) is 1.61. The van der Waals surface area contributed by atoms with Crippen LogP contribution in [0, 0.1) is 0 Å². The van der Waals surface area contributed by atoms with Crippen LogP contribution in [-0.4, -0.2) is 39.6 Å². The van der Waals surface area contributed by atoms with Crippen LogP contribution in [0.4, 0.5) is 5.95 Å². The summed E-state index contributed by atoms with van der Waals surface area (Å²) in [5.74, 6) is 0.475. The Morgan fingerprint density at radius 1 is 1.53 bits per heavy atom. The summed E-state index contributed by atoms with van der Waals surface area (Å²) in [4.78, 5) is 10.7. The number of likely N-dealkylation sites (N-methyl/N-ethyl adjacent to an activating group) is 1. The Morgan fingerprint density at radius 2 is 2.24 bits per heavy atom. The van der Waals surface area contributed by atoms with Crippen LogP contribution in [0.3, 0.4) is 0 Å². The standard InChI is InChI=1S/C11H16ClN5/c1-7(16(2)3)6-17-10-9(15-11(17)13)4-8(12)5-14-10/h4-5,7H,6H2,1-3H3,(H2,13,15). The molecule has 0 aliphatic rings. The van der Waals surface area contributed by atoms with Gasteiger partial charge in [-0.25, -0.2) is 9.97 Å². The van der Waals surface area contributed by atoms with Crippen molar-refractivity contribution in [2.24, 2.45) is 0 Å². The molecule has 2 N–H and O–H groups in total. The highest BCUT2D eigenvalue weighted by Gasteiger charge is 2.13. The molecule has 2 aromatic heterocycles. The number of aromatic nitrogens is 3. The highest BCUT2D eigenvalue weighted by molar-refractivity contribution is 6.31. The van der Waals surface area contributed by atoms with Crippen molar-refractivity contribution in [2.75, 3.05) is 19.8 Å². The molecular formula is C11H16ClN5. The minimum absolute atomic E-state index is 0.354. The lowest BCUT2D eigenvalue weighted by Crippen LogP contribution is -2.29. The lowest BCUT2D eigenvalue weighted by Gasteiger charge is -2.20. The molecule has 0 saturated carbocycles. The number of anilines is 1. The largest absolute Gasteiger partial charge is 0.369 e. The number of nitrogen functional groups attached to an aromatic ring is 1. The van der Waals surface area contributed by atoms with E-state index in [9.17, 15) is 0 Å². The summed E-state index contributed by atoms with van der Waals surface area (Å²) in [6.07, 6.45) is 1.61. The van der Waals surface area contributed by atoms with Gasteiger partial charge in [-0.05, 0) is 27.1 Å². The van der Waals surface area contributed by atoms with Crippen LogP contribution in [0.5, 0.6) is 0 Å². The van der Waals surface area contributed by atoms with Crippen LogP contribution in [0.25, 0.3) is 11.2 Å². The van der Waals surface area contributed by atoms with Crippen LogP contribution in [0.1, 0.15) is 6.92 Å². The molecule has 2 rings (SSSR count). The predicted molar refractivity (Wildman–Crippen MR) is 70.1 cm³/mol. The minimum atomic E-state index is 0.354. The Balaban J connectivity index is 2.43. The summed E-state index contributed by atoms with van der Waals surface area (Å²) >= 11 is 5.88. The van der Waals surface area contributed by atoms with Gasteiger partial charge < -0.3 is 10.6 Å². The third-order valence-corrected chi connectivity index (χ3v) is 3.12. The Labute approximate surface area is 105 Å². The molecule has 6 heteroatoms. The third-order valence-electron chi connectivity index (χ3n) is 2.91. The lowest BCUT2D eigenvalue weighted by molar-refractivity contribution is 0.286. The average molecular weight is 254 g/mol. The molecule has 1 unspecified atom stereocenters. The van der Waals surface area contributed by atoms with Crippen LogP contribution in [0.15, 0.2) is 12.3 Å². The quantitative estimate of drug-likeness (QED) is 0.903. The van der Waals surface area contributed by atoms with Gasteiger partial charge in [0, 0.05) is 18.8 Å². The maximum Gasteiger partial charge on any atom is 0.202 e. The Bertz CT molecular complexity index is 534. The van der Waals surface area contributed by atoms with Crippen molar-refractivity contribution >= 4 is 28.7 Å². The summed E-state index contributed by atoms with van der Waals surface area (Å²) in [7, 11) is 4.06. The maximum atomic E-state index is 5.90. The summed E-state index contributed by atoms with van der Waals surface area (Å²) in [5.41, 5.74) is 7.42. The van der Waals surface area contributed by atoms with Gasteiger partial charge in [-0.2, -0.15) is 0 Å². The SMILES string of the molecule is CC(Cn1c(N)nc2cc(Cl)cnc21)N(C)C. The minimum Gasteiger partial charge on any atom is -0.369 e. The Morgan fingerprint density at radius 3 is 2.88 bits per heavy atom. The van der Waals surface area contributed by atoms with Crippen LogP contribution >= 0.6 is 11.6 Å². The second-order valence-electron chi connectivity index (χ2n) is 4.39. The van der Waals surface area contributed by atoms with Gasteiger partial charge in [0.2, 0.25) is 5.95 Å². The molecule has 0 amide bonds. The van der Waals surface area contributed by atoms with E-state index in [2.05, 4.69) is 21.8 Å². The van der Waals surface area contributed by atoms with E-state index in [0.717, 1.165) is 17.7 Å². The maximum absolute atomic E-state index is 5.90. The molecule has 0 aliphatic carbocycles. The predicted octanol–water partition coefficient (Wildman–Crippen LogP) is 1.62. The van der Waals surface area contributed by atoms with Gasteiger partial charge in [-0.1, -0.05) is 11.6 Å². The monoisotopic (exact) mass is 253 g/mol.